The van der Waals surface area contributed by atoms with Crippen molar-refractivity contribution in [1.29, 1.82) is 0 Å². The summed E-state index contributed by atoms with van der Waals surface area (Å²) in [5, 5.41) is 0. The molecule has 234 valence electrons. The van der Waals surface area contributed by atoms with Gasteiger partial charge in [0.05, 0.1) is 0 Å². The van der Waals surface area contributed by atoms with Crippen molar-refractivity contribution in [2.45, 2.75) is 143 Å². The predicted octanol–water partition coefficient (Wildman–Crippen LogP) is 9.71. The van der Waals surface area contributed by atoms with E-state index in [1.165, 1.54) is 0 Å². The molecule has 0 aromatic carbocycles. The van der Waals surface area contributed by atoms with E-state index in [1.807, 2.05) is 13.1 Å². The second kappa shape index (κ2) is 10.3. The van der Waals surface area contributed by atoms with Gasteiger partial charge in [-0.15, -0.1) is 0 Å². The molecule has 0 amide bonds. The van der Waals surface area contributed by atoms with E-state index in [1.54, 1.807) is 0 Å². The fourth-order valence-corrected chi connectivity index (χ4v) is 227. The van der Waals surface area contributed by atoms with Gasteiger partial charge in [0.2, 0.25) is 0 Å². The van der Waals surface area contributed by atoms with Gasteiger partial charge in [0.15, 0.2) is 0 Å². The first-order valence-corrected chi connectivity index (χ1v) is 48.2. The van der Waals surface area contributed by atoms with Crippen molar-refractivity contribution in [3.05, 3.63) is 0 Å². The standard InChI is InChI=1S/C22H55F3O3SSi7.2CH3.Sn/c1-30(2,3)20(31(4,5)6)34(13,14)18-19-36(17,21(32(7,8)9)33(10,11)12)35(15,16)28-29(26,27)22(23,24)25;;;/h18-19H2,1-17H3;2*1H3;. The molecule has 0 spiro atoms. The van der Waals surface area contributed by atoms with Gasteiger partial charge in [-0.3, -0.25) is 0 Å². The van der Waals surface area contributed by atoms with Crippen LogP contribution in [0.2, 0.25) is 138 Å². The van der Waals surface area contributed by atoms with Crippen LogP contribution in [-0.4, -0.2) is 88.1 Å². The summed E-state index contributed by atoms with van der Waals surface area (Å²) in [6.07, 6.45) is 0. The van der Waals surface area contributed by atoms with Gasteiger partial charge in [0, 0.05) is 0 Å². The second-order valence-electron chi connectivity index (χ2n) is 18.3. The molecule has 1 fully saturated rings. The zero-order chi connectivity index (χ0) is 32.1. The van der Waals surface area contributed by atoms with Crippen molar-refractivity contribution in [2.75, 3.05) is 0 Å². The van der Waals surface area contributed by atoms with Crippen LogP contribution in [0.25, 0.3) is 0 Å². The Morgan fingerprint density at radius 3 is 1.23 bits per heavy atom. The molecule has 0 radical (unpaired) electrons. The Labute approximate surface area is 251 Å². The summed E-state index contributed by atoms with van der Waals surface area (Å²) in [6.45, 7) is 42.2. The van der Waals surface area contributed by atoms with E-state index in [4.69, 9.17) is 3.87 Å². The maximum atomic E-state index is 13.9. The van der Waals surface area contributed by atoms with Gasteiger partial charge < -0.3 is 0 Å². The summed E-state index contributed by atoms with van der Waals surface area (Å²) >= 11 is -3.55. The van der Waals surface area contributed by atoms with Crippen LogP contribution in [0, 0.1) is 0 Å². The van der Waals surface area contributed by atoms with Crippen LogP contribution in [0.15, 0.2) is 0 Å². The van der Waals surface area contributed by atoms with Crippen LogP contribution < -0.4 is 0 Å². The van der Waals surface area contributed by atoms with Crippen LogP contribution in [0.1, 0.15) is 0 Å². The number of rotatable bonds is 7. The van der Waals surface area contributed by atoms with E-state index in [2.05, 4.69) is 108 Å². The fourth-order valence-electron chi connectivity index (χ4n) is 13.6. The minimum atomic E-state index is -5.67. The van der Waals surface area contributed by atoms with E-state index in [9.17, 15) is 21.6 Å². The summed E-state index contributed by atoms with van der Waals surface area (Å²) in [5.74, 6) is 0. The van der Waals surface area contributed by atoms with Gasteiger partial charge in [-0.05, 0) is 0 Å². The Morgan fingerprint density at radius 2 is 0.974 bits per heavy atom. The van der Waals surface area contributed by atoms with Crippen molar-refractivity contribution in [3.63, 3.8) is 0 Å². The Balaban J connectivity index is 4.72. The van der Waals surface area contributed by atoms with E-state index < -0.39 is 89.8 Å². The Hall–Kier alpha value is 2.02. The van der Waals surface area contributed by atoms with Crippen LogP contribution in [-0.2, 0) is 14.0 Å². The third-order valence-corrected chi connectivity index (χ3v) is 145. The van der Waals surface area contributed by atoms with Crippen molar-refractivity contribution in [2.24, 2.45) is 0 Å². The number of halogens is 3. The zero-order valence-electron chi connectivity index (χ0n) is 28.7. The van der Waals surface area contributed by atoms with E-state index in [0.717, 1.165) is 12.1 Å². The summed E-state index contributed by atoms with van der Waals surface area (Å²) in [5.41, 5.74) is -5.39. The zero-order valence-corrected chi connectivity index (χ0v) is 39.4. The summed E-state index contributed by atoms with van der Waals surface area (Å²) < 4.78 is 73.3. The molecule has 3 nitrogen and oxygen atoms in total. The van der Waals surface area contributed by atoms with Crippen molar-refractivity contribution in [1.82, 2.24) is 0 Å². The Morgan fingerprint density at radius 1 is 0.667 bits per heavy atom. The number of hydrogen-bond acceptors (Lipinski definition) is 3. The molecule has 1 aliphatic rings. The molecule has 15 heteroatoms. The summed E-state index contributed by atoms with van der Waals surface area (Å²) in [7, 11) is -21.7. The molecule has 1 atom stereocenters. The molecule has 0 saturated carbocycles. The van der Waals surface area contributed by atoms with Crippen LogP contribution >= 0.6 is 0 Å². The van der Waals surface area contributed by atoms with Gasteiger partial charge in [0.25, 0.3) is 0 Å². The number of alkyl halides is 3. The molecule has 1 saturated heterocycles. The van der Waals surface area contributed by atoms with Crippen LogP contribution in [0.3, 0.4) is 0 Å². The average molecular weight is 802 g/mol. The Bertz CT molecular complexity index is 1020. The van der Waals surface area contributed by atoms with Gasteiger partial charge in [-0.1, -0.05) is 0 Å². The third kappa shape index (κ3) is 5.24. The molecule has 1 rings (SSSR count). The average Bonchev–Trinajstić information content (AvgIpc) is 2.57. The predicted molar refractivity (Wildman–Crippen MR) is 189 cm³/mol. The number of hydrogen-bond donors (Lipinski definition) is 0. The van der Waals surface area contributed by atoms with E-state index in [-0.39, 0.29) is 2.30 Å². The summed E-state index contributed by atoms with van der Waals surface area (Å²) in [4.78, 5) is 5.52. The van der Waals surface area contributed by atoms with Gasteiger partial charge in [-0.2, -0.15) is 0 Å². The van der Waals surface area contributed by atoms with Crippen LogP contribution in [0.4, 0.5) is 13.2 Å². The first kappa shape index (κ1) is 39.0. The maximum absolute atomic E-state index is 13.9. The van der Waals surface area contributed by atoms with E-state index >= 15 is 0 Å². The quantitative estimate of drug-likeness (QED) is 0.190. The van der Waals surface area contributed by atoms with Gasteiger partial charge in [-0.25, -0.2) is 0 Å². The molecular weight excluding hydrogens is 741 g/mol. The third-order valence-electron chi connectivity index (χ3n) is 11.4. The van der Waals surface area contributed by atoms with E-state index in [0.29, 0.717) is 2.30 Å². The molecule has 1 aliphatic heterocycles. The molecule has 0 aliphatic carbocycles. The normalized spacial score (nSPS) is 26.7. The van der Waals surface area contributed by atoms with Gasteiger partial charge in [0.1, 0.15) is 0 Å². The SMILES string of the molecule is C[Si](C)(C)[C]1([Si](C)(C)C)[Si](C)(C)CC[Si](C)([Si](C)(C)OS(=O)(=O)C(F)(F)F)[C]([Si](C)(C)C)([Si](C)(C)C)[Sn]1([CH3])[CH3]. The van der Waals surface area contributed by atoms with Crippen molar-refractivity contribution < 1.29 is 25.5 Å². The fraction of sp³-hybridized carbons (Fsp3) is 1.00. The molecule has 0 bridgehead atoms. The minimum absolute atomic E-state index is 0.0554. The van der Waals surface area contributed by atoms with Crippen molar-refractivity contribution in [3.8, 4) is 0 Å². The first-order valence-electron chi connectivity index (χ1n) is 14.4. The summed E-state index contributed by atoms with van der Waals surface area (Å²) in [6, 6.07) is 2.04. The van der Waals surface area contributed by atoms with Gasteiger partial charge >= 0.3 is 253 Å². The molecule has 0 N–H and O–H groups in total. The first-order chi connectivity index (χ1) is 16.4. The molecular formula is C24H61F3O3SSi7Sn. The van der Waals surface area contributed by atoms with Crippen LogP contribution in [0.5, 0.6) is 0 Å². The molecule has 0 aromatic heterocycles. The monoisotopic (exact) mass is 802 g/mol. The molecule has 39 heavy (non-hydrogen) atoms. The molecule has 1 unspecified atom stereocenters. The second-order valence-corrected chi connectivity index (χ2v) is 85.4. The van der Waals surface area contributed by atoms with Crippen molar-refractivity contribution >= 4 is 84.3 Å². The molecule has 1 heterocycles. The Kier molecular flexibility index (Phi) is 10.3. The topological polar surface area (TPSA) is 43.4 Å². The molecule has 0 aromatic rings.